The number of imidazole rings is 1. The summed E-state index contributed by atoms with van der Waals surface area (Å²) in [4.78, 5) is 12.6. The molecule has 0 amide bonds. The van der Waals surface area contributed by atoms with E-state index in [0.29, 0.717) is 23.6 Å². The van der Waals surface area contributed by atoms with Gasteiger partial charge in [0.15, 0.2) is 23.1 Å². The monoisotopic (exact) mass is 374 g/mol. The number of aliphatic hydroxyl groups is 1. The van der Waals surface area contributed by atoms with Crippen molar-refractivity contribution in [1.29, 1.82) is 0 Å². The molecule has 27 heavy (non-hydrogen) atoms. The fourth-order valence-corrected chi connectivity index (χ4v) is 3.10. The zero-order chi connectivity index (χ0) is 19.2. The van der Waals surface area contributed by atoms with Crippen molar-refractivity contribution in [1.82, 2.24) is 24.7 Å². The molecule has 1 saturated heterocycles. The SMILES string of the molecule is CC(C)(O)c1cn2c(-c3nc(NC4CCNC4)c(F)cc3F)cnc2cn1. The zero-order valence-electron chi connectivity index (χ0n) is 15.0. The van der Waals surface area contributed by atoms with Gasteiger partial charge in [-0.3, -0.25) is 9.38 Å². The molecule has 3 aromatic rings. The number of nitrogens with zero attached hydrogens (tertiary/aromatic N) is 4. The normalized spacial score (nSPS) is 17.6. The molecule has 1 atom stereocenters. The van der Waals surface area contributed by atoms with Crippen molar-refractivity contribution in [3.63, 3.8) is 0 Å². The minimum absolute atomic E-state index is 0.00631. The van der Waals surface area contributed by atoms with E-state index in [0.717, 1.165) is 19.0 Å². The van der Waals surface area contributed by atoms with E-state index in [9.17, 15) is 13.9 Å². The summed E-state index contributed by atoms with van der Waals surface area (Å²) in [5.74, 6) is -1.52. The Morgan fingerprint density at radius 2 is 2.07 bits per heavy atom. The van der Waals surface area contributed by atoms with Crippen LogP contribution >= 0.6 is 0 Å². The molecule has 1 aliphatic rings. The number of hydrogen-bond acceptors (Lipinski definition) is 6. The summed E-state index contributed by atoms with van der Waals surface area (Å²) in [5.41, 5.74) is 0.0191. The van der Waals surface area contributed by atoms with E-state index in [1.165, 1.54) is 12.4 Å². The second kappa shape index (κ2) is 6.50. The number of fused-ring (bicyclic) bond motifs is 1. The van der Waals surface area contributed by atoms with E-state index in [1.807, 2.05) is 0 Å². The Morgan fingerprint density at radius 1 is 1.26 bits per heavy atom. The fraction of sp³-hybridized carbons (Fsp3) is 0.389. The second-order valence-corrected chi connectivity index (χ2v) is 7.19. The maximum absolute atomic E-state index is 14.5. The number of pyridine rings is 1. The van der Waals surface area contributed by atoms with Gasteiger partial charge in [-0.2, -0.15) is 0 Å². The van der Waals surface area contributed by atoms with Crippen LogP contribution in [0.1, 0.15) is 26.0 Å². The molecule has 0 aliphatic carbocycles. The first-order valence-corrected chi connectivity index (χ1v) is 8.72. The molecule has 0 saturated carbocycles. The molecule has 0 spiro atoms. The van der Waals surface area contributed by atoms with Crippen molar-refractivity contribution in [2.24, 2.45) is 0 Å². The largest absolute Gasteiger partial charge is 0.384 e. The maximum atomic E-state index is 14.5. The van der Waals surface area contributed by atoms with E-state index in [1.54, 1.807) is 24.4 Å². The Bertz CT molecular complexity index is 991. The van der Waals surface area contributed by atoms with Gasteiger partial charge in [-0.05, 0) is 26.8 Å². The van der Waals surface area contributed by atoms with E-state index < -0.39 is 17.2 Å². The number of aromatic nitrogens is 4. The minimum atomic E-state index is -1.17. The van der Waals surface area contributed by atoms with Gasteiger partial charge in [-0.1, -0.05) is 0 Å². The van der Waals surface area contributed by atoms with Crippen LogP contribution in [0.5, 0.6) is 0 Å². The van der Waals surface area contributed by atoms with Crippen molar-refractivity contribution in [3.05, 3.63) is 42.0 Å². The number of nitrogens with one attached hydrogen (secondary N) is 2. The number of hydrogen-bond donors (Lipinski definition) is 3. The third kappa shape index (κ3) is 3.35. The Morgan fingerprint density at radius 3 is 2.78 bits per heavy atom. The Labute approximate surface area is 154 Å². The van der Waals surface area contributed by atoms with Gasteiger partial charge in [-0.15, -0.1) is 0 Å². The molecule has 3 N–H and O–H groups in total. The topological polar surface area (TPSA) is 87.4 Å². The molecule has 4 rings (SSSR count). The van der Waals surface area contributed by atoms with Crippen LogP contribution in [0.3, 0.4) is 0 Å². The fourth-order valence-electron chi connectivity index (χ4n) is 3.10. The first-order valence-electron chi connectivity index (χ1n) is 8.72. The predicted molar refractivity (Wildman–Crippen MR) is 96.3 cm³/mol. The van der Waals surface area contributed by atoms with Crippen LogP contribution in [-0.4, -0.2) is 43.6 Å². The van der Waals surface area contributed by atoms with Gasteiger partial charge < -0.3 is 15.7 Å². The molecule has 9 heteroatoms. The molecule has 7 nitrogen and oxygen atoms in total. The number of rotatable bonds is 4. The molecule has 0 aromatic carbocycles. The summed E-state index contributed by atoms with van der Waals surface area (Å²) in [6.07, 6.45) is 5.36. The molecule has 0 bridgehead atoms. The standard InChI is InChI=1S/C18H20F2N6O/c1-18(2,27)14-9-26-13(7-23-15(26)8-22-14)16-11(19)5-12(20)17(25-16)24-10-3-4-21-6-10/h5,7-10,21,27H,3-4,6H2,1-2H3,(H,24,25). The van der Waals surface area contributed by atoms with Gasteiger partial charge in [0.05, 0.1) is 23.8 Å². The lowest BCUT2D eigenvalue weighted by Gasteiger charge is -2.17. The van der Waals surface area contributed by atoms with Gasteiger partial charge in [0, 0.05) is 24.8 Å². The average Bonchev–Trinajstić information content (AvgIpc) is 3.25. The summed E-state index contributed by atoms with van der Waals surface area (Å²) < 4.78 is 30.3. The molecule has 0 radical (unpaired) electrons. The van der Waals surface area contributed by atoms with Crippen LogP contribution < -0.4 is 10.6 Å². The van der Waals surface area contributed by atoms with E-state index in [2.05, 4.69) is 25.6 Å². The number of anilines is 1. The maximum Gasteiger partial charge on any atom is 0.168 e. The van der Waals surface area contributed by atoms with Crippen LogP contribution in [0.25, 0.3) is 17.0 Å². The van der Waals surface area contributed by atoms with Crippen LogP contribution in [0, 0.1) is 11.6 Å². The van der Waals surface area contributed by atoms with Gasteiger partial charge in [-0.25, -0.2) is 18.7 Å². The van der Waals surface area contributed by atoms with Gasteiger partial charge in [0.2, 0.25) is 0 Å². The lowest BCUT2D eigenvalue weighted by atomic mass is 10.1. The minimum Gasteiger partial charge on any atom is -0.384 e. The summed E-state index contributed by atoms with van der Waals surface area (Å²) in [6, 6.07) is 0.864. The van der Waals surface area contributed by atoms with Gasteiger partial charge in [0.25, 0.3) is 0 Å². The van der Waals surface area contributed by atoms with Crippen LogP contribution in [0.4, 0.5) is 14.6 Å². The Kier molecular flexibility index (Phi) is 4.27. The van der Waals surface area contributed by atoms with Gasteiger partial charge in [0.1, 0.15) is 11.3 Å². The van der Waals surface area contributed by atoms with Crippen LogP contribution in [0.15, 0.2) is 24.7 Å². The van der Waals surface area contributed by atoms with Crippen molar-refractivity contribution in [2.45, 2.75) is 31.9 Å². The molecule has 1 fully saturated rings. The van der Waals surface area contributed by atoms with Crippen molar-refractivity contribution in [3.8, 4) is 11.4 Å². The lowest BCUT2D eigenvalue weighted by Crippen LogP contribution is -2.23. The van der Waals surface area contributed by atoms with Crippen LogP contribution in [-0.2, 0) is 5.60 Å². The smallest absolute Gasteiger partial charge is 0.168 e. The molecule has 1 unspecified atom stereocenters. The highest BCUT2D eigenvalue weighted by molar-refractivity contribution is 5.62. The molecule has 1 aliphatic heterocycles. The summed E-state index contributed by atoms with van der Waals surface area (Å²) in [6.45, 7) is 4.75. The van der Waals surface area contributed by atoms with E-state index in [-0.39, 0.29) is 17.6 Å². The highest BCUT2D eigenvalue weighted by atomic mass is 19.1. The number of halogens is 2. The summed E-state index contributed by atoms with van der Waals surface area (Å²) in [7, 11) is 0. The molecular weight excluding hydrogens is 354 g/mol. The van der Waals surface area contributed by atoms with Gasteiger partial charge >= 0.3 is 0 Å². The van der Waals surface area contributed by atoms with Crippen molar-refractivity contribution < 1.29 is 13.9 Å². The van der Waals surface area contributed by atoms with E-state index >= 15 is 0 Å². The molecule has 142 valence electrons. The summed E-state index contributed by atoms with van der Waals surface area (Å²) in [5, 5.41) is 16.4. The highest BCUT2D eigenvalue weighted by Crippen LogP contribution is 2.27. The summed E-state index contributed by atoms with van der Waals surface area (Å²) >= 11 is 0. The Balaban J connectivity index is 1.80. The second-order valence-electron chi connectivity index (χ2n) is 7.19. The first-order chi connectivity index (χ1) is 12.8. The van der Waals surface area contributed by atoms with Crippen molar-refractivity contribution in [2.75, 3.05) is 18.4 Å². The predicted octanol–water partition coefficient (Wildman–Crippen LogP) is 2.07. The third-order valence-electron chi connectivity index (χ3n) is 4.60. The zero-order valence-corrected chi connectivity index (χ0v) is 15.0. The lowest BCUT2D eigenvalue weighted by molar-refractivity contribution is 0.0734. The third-order valence-corrected chi connectivity index (χ3v) is 4.60. The van der Waals surface area contributed by atoms with Crippen molar-refractivity contribution >= 4 is 11.5 Å². The average molecular weight is 374 g/mol. The first kappa shape index (κ1) is 17.7. The molecule has 3 aromatic heterocycles. The highest BCUT2D eigenvalue weighted by Gasteiger charge is 2.23. The van der Waals surface area contributed by atoms with E-state index in [4.69, 9.17) is 0 Å². The Hall–Kier alpha value is -2.65. The molecule has 4 heterocycles. The molecular formula is C18H20F2N6O. The van der Waals surface area contributed by atoms with Crippen LogP contribution in [0.2, 0.25) is 0 Å². The quantitative estimate of drug-likeness (QED) is 0.648.